The molecule has 0 aliphatic carbocycles. The Morgan fingerprint density at radius 2 is 1.83 bits per heavy atom. The first-order chi connectivity index (χ1) is 11.2. The van der Waals surface area contributed by atoms with Crippen molar-refractivity contribution in [3.05, 3.63) is 54.1 Å². The zero-order valence-corrected chi connectivity index (χ0v) is 13.1. The van der Waals surface area contributed by atoms with Gasteiger partial charge in [0.25, 0.3) is 0 Å². The summed E-state index contributed by atoms with van der Waals surface area (Å²) in [6.45, 7) is 1.74. The van der Waals surface area contributed by atoms with E-state index in [0.29, 0.717) is 19.8 Å². The Hall–Kier alpha value is -2.69. The molecule has 1 heterocycles. The van der Waals surface area contributed by atoms with Crippen LogP contribution in [0, 0.1) is 0 Å². The van der Waals surface area contributed by atoms with Crippen LogP contribution in [0.2, 0.25) is 0 Å². The maximum atomic E-state index is 12.1. The molecule has 0 saturated carbocycles. The zero-order chi connectivity index (χ0) is 16.1. The van der Waals surface area contributed by atoms with Crippen molar-refractivity contribution in [2.24, 2.45) is 0 Å². The van der Waals surface area contributed by atoms with Gasteiger partial charge in [-0.05, 0) is 36.2 Å². The molecule has 0 unspecified atom stereocenters. The Balaban J connectivity index is 1.52. The van der Waals surface area contributed by atoms with Gasteiger partial charge in [-0.1, -0.05) is 24.3 Å². The van der Waals surface area contributed by atoms with E-state index in [4.69, 9.17) is 9.47 Å². The van der Waals surface area contributed by atoms with Crippen LogP contribution in [0.5, 0.6) is 11.5 Å². The Bertz CT molecular complexity index is 673. The molecule has 0 fully saturated rings. The third-order valence-corrected chi connectivity index (χ3v) is 3.74. The standard InChI is InChI=1S/C18H20N2O3/c1-20(15-5-3-2-4-6-15)18(21)19-10-9-14-7-8-16-17(13-14)23-12-11-22-16/h2-8,13H,9-12H2,1H3,(H,19,21). The van der Waals surface area contributed by atoms with Gasteiger partial charge in [0, 0.05) is 19.3 Å². The van der Waals surface area contributed by atoms with Crippen molar-refractivity contribution in [2.75, 3.05) is 31.7 Å². The van der Waals surface area contributed by atoms with E-state index in [1.807, 2.05) is 48.5 Å². The highest BCUT2D eigenvalue weighted by Gasteiger charge is 2.12. The number of hydrogen-bond donors (Lipinski definition) is 1. The molecule has 0 bridgehead atoms. The Morgan fingerprint density at radius 3 is 2.61 bits per heavy atom. The monoisotopic (exact) mass is 312 g/mol. The summed E-state index contributed by atoms with van der Waals surface area (Å²) in [6, 6.07) is 15.3. The lowest BCUT2D eigenvalue weighted by atomic mass is 10.1. The number of para-hydroxylation sites is 1. The fourth-order valence-electron chi connectivity index (χ4n) is 2.44. The largest absolute Gasteiger partial charge is 0.486 e. The summed E-state index contributed by atoms with van der Waals surface area (Å²) in [4.78, 5) is 13.7. The van der Waals surface area contributed by atoms with Gasteiger partial charge in [0.15, 0.2) is 11.5 Å². The molecule has 1 N–H and O–H groups in total. The third kappa shape index (κ3) is 3.74. The molecule has 23 heavy (non-hydrogen) atoms. The van der Waals surface area contributed by atoms with Crippen molar-refractivity contribution >= 4 is 11.7 Å². The molecule has 0 saturated heterocycles. The smallest absolute Gasteiger partial charge is 0.321 e. The number of nitrogens with one attached hydrogen (secondary N) is 1. The first-order valence-electron chi connectivity index (χ1n) is 7.69. The van der Waals surface area contributed by atoms with Gasteiger partial charge >= 0.3 is 6.03 Å². The number of urea groups is 1. The Kier molecular flexibility index (Phi) is 4.66. The lowest BCUT2D eigenvalue weighted by Gasteiger charge is -2.19. The second-order valence-electron chi connectivity index (χ2n) is 5.35. The van der Waals surface area contributed by atoms with Crippen LogP contribution in [0.3, 0.4) is 0 Å². The third-order valence-electron chi connectivity index (χ3n) is 3.74. The van der Waals surface area contributed by atoms with Gasteiger partial charge in [-0.2, -0.15) is 0 Å². The number of rotatable bonds is 4. The number of fused-ring (bicyclic) bond motifs is 1. The summed E-state index contributed by atoms with van der Waals surface area (Å²) in [5.74, 6) is 1.56. The van der Waals surface area contributed by atoms with Gasteiger partial charge in [-0.25, -0.2) is 4.79 Å². The van der Waals surface area contributed by atoms with Crippen LogP contribution >= 0.6 is 0 Å². The molecule has 0 aromatic heterocycles. The summed E-state index contributed by atoms with van der Waals surface area (Å²) in [5, 5.41) is 2.92. The highest BCUT2D eigenvalue weighted by atomic mass is 16.6. The minimum absolute atomic E-state index is 0.117. The van der Waals surface area contributed by atoms with E-state index in [9.17, 15) is 4.79 Å². The lowest BCUT2D eigenvalue weighted by molar-refractivity contribution is 0.171. The van der Waals surface area contributed by atoms with Crippen molar-refractivity contribution in [1.82, 2.24) is 5.32 Å². The molecular weight excluding hydrogens is 292 g/mol. The van der Waals surface area contributed by atoms with Crippen molar-refractivity contribution in [3.63, 3.8) is 0 Å². The molecular formula is C18H20N2O3. The number of benzene rings is 2. The summed E-state index contributed by atoms with van der Waals surface area (Å²) >= 11 is 0. The normalized spacial score (nSPS) is 12.6. The molecule has 2 amide bonds. The molecule has 2 aromatic rings. The van der Waals surface area contributed by atoms with E-state index < -0.39 is 0 Å². The lowest BCUT2D eigenvalue weighted by Crippen LogP contribution is -2.38. The second-order valence-corrected chi connectivity index (χ2v) is 5.35. The molecule has 5 nitrogen and oxygen atoms in total. The average Bonchev–Trinajstić information content (AvgIpc) is 2.61. The van der Waals surface area contributed by atoms with Crippen LogP contribution in [-0.4, -0.2) is 32.8 Å². The van der Waals surface area contributed by atoms with Gasteiger partial charge < -0.3 is 14.8 Å². The minimum Gasteiger partial charge on any atom is -0.486 e. The van der Waals surface area contributed by atoms with Crippen LogP contribution in [0.15, 0.2) is 48.5 Å². The van der Waals surface area contributed by atoms with Crippen molar-refractivity contribution in [1.29, 1.82) is 0 Å². The highest BCUT2D eigenvalue weighted by molar-refractivity contribution is 5.91. The summed E-state index contributed by atoms with van der Waals surface area (Å²) in [7, 11) is 1.76. The number of anilines is 1. The fraction of sp³-hybridized carbons (Fsp3) is 0.278. The summed E-state index contributed by atoms with van der Waals surface area (Å²) in [5.41, 5.74) is 1.97. The SMILES string of the molecule is CN(C(=O)NCCc1ccc2c(c1)OCCO2)c1ccccc1. The molecule has 120 valence electrons. The number of nitrogens with zero attached hydrogens (tertiary/aromatic N) is 1. The van der Waals surface area contributed by atoms with Crippen LogP contribution in [0.1, 0.15) is 5.56 Å². The van der Waals surface area contributed by atoms with E-state index >= 15 is 0 Å². The van der Waals surface area contributed by atoms with E-state index in [-0.39, 0.29) is 6.03 Å². The van der Waals surface area contributed by atoms with Gasteiger partial charge in [-0.15, -0.1) is 0 Å². The van der Waals surface area contributed by atoms with Gasteiger partial charge in [0.1, 0.15) is 13.2 Å². The van der Waals surface area contributed by atoms with Gasteiger partial charge in [0.2, 0.25) is 0 Å². The molecule has 2 aromatic carbocycles. The van der Waals surface area contributed by atoms with Gasteiger partial charge in [0.05, 0.1) is 0 Å². The van der Waals surface area contributed by atoms with Gasteiger partial charge in [-0.3, -0.25) is 4.90 Å². The summed E-state index contributed by atoms with van der Waals surface area (Å²) in [6.07, 6.45) is 0.741. The maximum absolute atomic E-state index is 12.1. The number of carbonyl (C=O) groups is 1. The van der Waals surface area contributed by atoms with Crippen molar-refractivity contribution < 1.29 is 14.3 Å². The molecule has 0 radical (unpaired) electrons. The number of ether oxygens (including phenoxy) is 2. The maximum Gasteiger partial charge on any atom is 0.321 e. The average molecular weight is 312 g/mol. The van der Waals surface area contributed by atoms with Crippen LogP contribution < -0.4 is 19.7 Å². The van der Waals surface area contributed by atoms with Crippen molar-refractivity contribution in [3.8, 4) is 11.5 Å². The second kappa shape index (κ2) is 7.05. The van der Waals surface area contributed by atoms with E-state index in [1.165, 1.54) is 0 Å². The topological polar surface area (TPSA) is 50.8 Å². The van der Waals surface area contributed by atoms with E-state index in [2.05, 4.69) is 5.32 Å². The molecule has 1 aliphatic heterocycles. The number of carbonyl (C=O) groups excluding carboxylic acids is 1. The molecule has 1 aliphatic rings. The first-order valence-corrected chi connectivity index (χ1v) is 7.69. The van der Waals surface area contributed by atoms with E-state index in [0.717, 1.165) is 29.2 Å². The molecule has 5 heteroatoms. The molecule has 0 spiro atoms. The van der Waals surface area contributed by atoms with E-state index in [1.54, 1.807) is 11.9 Å². The van der Waals surface area contributed by atoms with Crippen LogP contribution in [-0.2, 0) is 6.42 Å². The Labute approximate surface area is 135 Å². The minimum atomic E-state index is -0.117. The quantitative estimate of drug-likeness (QED) is 0.944. The number of amides is 2. The summed E-state index contributed by atoms with van der Waals surface area (Å²) < 4.78 is 11.1. The van der Waals surface area contributed by atoms with Crippen LogP contribution in [0.25, 0.3) is 0 Å². The highest BCUT2D eigenvalue weighted by Crippen LogP contribution is 2.30. The Morgan fingerprint density at radius 1 is 1.09 bits per heavy atom. The molecule has 0 atom stereocenters. The predicted molar refractivity (Wildman–Crippen MR) is 89.4 cm³/mol. The van der Waals surface area contributed by atoms with Crippen LogP contribution in [0.4, 0.5) is 10.5 Å². The first kappa shape index (κ1) is 15.2. The zero-order valence-electron chi connectivity index (χ0n) is 13.1. The van der Waals surface area contributed by atoms with Crippen molar-refractivity contribution in [2.45, 2.75) is 6.42 Å². The number of hydrogen-bond acceptors (Lipinski definition) is 3. The fourth-order valence-corrected chi connectivity index (χ4v) is 2.44. The molecule has 3 rings (SSSR count). The predicted octanol–water partition coefficient (Wildman–Crippen LogP) is 2.85.